The number of hydrogen-bond donors (Lipinski definition) is 0. The Bertz CT molecular complexity index is 1370. The van der Waals surface area contributed by atoms with Gasteiger partial charge in [0.05, 0.1) is 11.8 Å². The molecule has 0 spiro atoms. The van der Waals surface area contributed by atoms with Crippen molar-refractivity contribution in [1.82, 2.24) is 0 Å². The van der Waals surface area contributed by atoms with Crippen LogP contribution in [0.15, 0.2) is 97.3 Å². The summed E-state index contributed by atoms with van der Waals surface area (Å²) < 4.78 is 39.3. The predicted molar refractivity (Wildman–Crippen MR) is 125 cm³/mol. The van der Waals surface area contributed by atoms with Crippen LogP contribution in [-0.2, 0) is 0 Å². The third-order valence-electron chi connectivity index (χ3n) is 9.94. The van der Waals surface area contributed by atoms with Crippen molar-refractivity contribution in [1.29, 1.82) is 0 Å². The van der Waals surface area contributed by atoms with E-state index in [1.807, 2.05) is 0 Å². The highest BCUT2D eigenvalue weighted by atomic mass is 35.7. The standard InChI is InChI=1S/C31H26N2.ClHO4/c1-3-11-20-18(9-1)26-22-17-23-27-19-10-2-4-12-21(19)31(33-16-8-6-14-25(27)33)29(23)28(22)30(20)32-15-7-5-13-24(26)32;2-1(3,4)5/h1-16,22-23,26-31H,17H2;(H,2,3,4,5)/q+2;/p-1. The molecule has 0 amide bonds. The van der Waals surface area contributed by atoms with Crippen LogP contribution in [0.3, 0.4) is 0 Å². The van der Waals surface area contributed by atoms with Crippen LogP contribution >= 0.6 is 0 Å². The molecule has 38 heavy (non-hydrogen) atoms. The lowest BCUT2D eigenvalue weighted by Gasteiger charge is -2.48. The van der Waals surface area contributed by atoms with E-state index in [0.29, 0.717) is 35.8 Å². The lowest BCUT2D eigenvalue weighted by molar-refractivity contribution is -2.00. The van der Waals surface area contributed by atoms with Gasteiger partial charge in [-0.3, -0.25) is 0 Å². The second-order valence-corrected chi connectivity index (χ2v) is 12.0. The third-order valence-corrected chi connectivity index (χ3v) is 9.94. The summed E-state index contributed by atoms with van der Waals surface area (Å²) in [6.07, 6.45) is 6.08. The number of aromatic nitrogens is 2. The molecule has 6 heterocycles. The van der Waals surface area contributed by atoms with Gasteiger partial charge in [-0.25, -0.2) is 18.6 Å². The number of hydrogen-bond acceptors (Lipinski definition) is 4. The molecule has 2 aromatic carbocycles. The zero-order chi connectivity index (χ0) is 25.8. The number of benzene rings is 2. The minimum absolute atomic E-state index is 0.460. The molecule has 6 nitrogen and oxygen atoms in total. The maximum absolute atomic E-state index is 8.49. The monoisotopic (exact) mass is 525 g/mol. The number of halogens is 1. The fourth-order valence-electron chi connectivity index (χ4n) is 9.21. The van der Waals surface area contributed by atoms with Crippen molar-refractivity contribution in [3.05, 3.63) is 131 Å². The second-order valence-electron chi connectivity index (χ2n) is 11.3. The van der Waals surface area contributed by atoms with Gasteiger partial charge in [0.1, 0.15) is 0 Å². The van der Waals surface area contributed by atoms with Crippen molar-refractivity contribution in [2.45, 2.75) is 30.3 Å². The normalized spacial score (nSPS) is 32.1. The van der Waals surface area contributed by atoms with E-state index < -0.39 is 10.2 Å². The van der Waals surface area contributed by atoms with Gasteiger partial charge < -0.3 is 0 Å². The van der Waals surface area contributed by atoms with E-state index in [9.17, 15) is 0 Å². The first-order chi connectivity index (χ1) is 18.4. The Balaban J connectivity index is 0.000000416. The van der Waals surface area contributed by atoms with Gasteiger partial charge in [-0.15, -0.1) is 10.2 Å². The Kier molecular flexibility index (Phi) is 4.77. The van der Waals surface area contributed by atoms with Gasteiger partial charge in [0.25, 0.3) is 0 Å². The summed E-state index contributed by atoms with van der Waals surface area (Å²) in [5.41, 5.74) is 9.45. The summed E-state index contributed by atoms with van der Waals surface area (Å²) in [7, 11) is -4.94. The van der Waals surface area contributed by atoms with Crippen molar-refractivity contribution >= 4 is 0 Å². The van der Waals surface area contributed by atoms with E-state index in [2.05, 4.69) is 106 Å². The van der Waals surface area contributed by atoms with Crippen LogP contribution in [0, 0.1) is 33.9 Å². The van der Waals surface area contributed by atoms with E-state index >= 15 is 0 Å². The molecule has 8 atom stereocenters. The third kappa shape index (κ3) is 3.04. The summed E-state index contributed by atoms with van der Waals surface area (Å²) in [6, 6.07) is 33.4. The van der Waals surface area contributed by atoms with Crippen molar-refractivity contribution in [3.8, 4) is 0 Å². The highest BCUT2D eigenvalue weighted by Gasteiger charge is 2.70. The second kappa shape index (κ2) is 7.94. The Morgan fingerprint density at radius 1 is 0.526 bits per heavy atom. The van der Waals surface area contributed by atoms with Crippen LogP contribution in [0.1, 0.15) is 64.0 Å². The summed E-state index contributed by atoms with van der Waals surface area (Å²) in [5, 5.41) is 0. The summed E-state index contributed by atoms with van der Waals surface area (Å²) in [6.45, 7) is 0. The molecule has 4 aromatic rings. The topological polar surface area (TPSA) is 100 Å². The van der Waals surface area contributed by atoms with Crippen LogP contribution in [0.25, 0.3) is 0 Å². The first kappa shape index (κ1) is 22.8. The van der Waals surface area contributed by atoms with E-state index in [0.717, 1.165) is 11.8 Å². The van der Waals surface area contributed by atoms with Crippen molar-refractivity contribution < 1.29 is 38.0 Å². The SMILES string of the molecule is [O-][Cl+3]([O-])([O-])[O-].c1ccc2c(c1)C1c3cccc[n+]3C2C2C1CC1C3c4ccccc4C(C12)[n+]1ccccc13. The highest BCUT2D eigenvalue weighted by Crippen LogP contribution is 2.68. The molecule has 7 heteroatoms. The minimum atomic E-state index is -4.94. The Labute approximate surface area is 222 Å². The van der Waals surface area contributed by atoms with Crippen LogP contribution in [0.2, 0.25) is 0 Å². The lowest BCUT2D eigenvalue weighted by Crippen LogP contribution is -2.68. The molecule has 7 aliphatic rings. The quantitative estimate of drug-likeness (QED) is 0.306. The van der Waals surface area contributed by atoms with Gasteiger partial charge in [0.15, 0.2) is 35.9 Å². The smallest absolute Gasteiger partial charge is 0.189 e. The van der Waals surface area contributed by atoms with Gasteiger partial charge >= 0.3 is 0 Å². The summed E-state index contributed by atoms with van der Waals surface area (Å²) in [5.74, 6) is 3.90. The summed E-state index contributed by atoms with van der Waals surface area (Å²) in [4.78, 5) is 0. The van der Waals surface area contributed by atoms with E-state index in [4.69, 9.17) is 18.6 Å². The number of nitrogens with zero attached hydrogens (tertiary/aromatic N) is 2. The average Bonchev–Trinajstić information content (AvgIpc) is 3.33. The molecule has 0 N–H and O–H groups in total. The first-order valence-corrected chi connectivity index (χ1v) is 14.4. The number of rotatable bonds is 0. The largest absolute Gasteiger partial charge is 0.222 e. The van der Waals surface area contributed by atoms with Crippen molar-refractivity contribution in [2.75, 3.05) is 0 Å². The van der Waals surface area contributed by atoms with Gasteiger partial charge in [-0.05, 0) is 29.4 Å². The van der Waals surface area contributed by atoms with Gasteiger partial charge in [0, 0.05) is 47.2 Å². The minimum Gasteiger partial charge on any atom is -0.222 e. The van der Waals surface area contributed by atoms with Gasteiger partial charge in [-0.1, -0.05) is 60.7 Å². The zero-order valence-electron chi connectivity index (χ0n) is 20.5. The van der Waals surface area contributed by atoms with E-state index in [1.54, 1.807) is 22.3 Å². The molecule has 190 valence electrons. The van der Waals surface area contributed by atoms with Crippen LogP contribution in [0.4, 0.5) is 0 Å². The van der Waals surface area contributed by atoms with Gasteiger partial charge in [-0.2, -0.15) is 9.13 Å². The van der Waals surface area contributed by atoms with Crippen molar-refractivity contribution in [2.24, 2.45) is 23.7 Å². The fraction of sp³-hybridized carbons (Fsp3) is 0.290. The molecule has 11 rings (SSSR count). The fourth-order valence-corrected chi connectivity index (χ4v) is 9.21. The Hall–Kier alpha value is -3.13. The Morgan fingerprint density at radius 3 is 1.32 bits per heavy atom. The molecule has 3 aliphatic carbocycles. The maximum Gasteiger partial charge on any atom is 0.189 e. The van der Waals surface area contributed by atoms with Gasteiger partial charge in [0.2, 0.25) is 0 Å². The Morgan fingerprint density at radius 2 is 0.895 bits per heavy atom. The van der Waals surface area contributed by atoms with Crippen LogP contribution < -0.4 is 27.8 Å². The van der Waals surface area contributed by atoms with Crippen LogP contribution in [-0.4, -0.2) is 0 Å². The molecular formula is C31H26ClN2O4+. The van der Waals surface area contributed by atoms with E-state index in [1.165, 1.54) is 17.8 Å². The molecule has 1 fully saturated rings. The summed E-state index contributed by atoms with van der Waals surface area (Å²) >= 11 is 0. The van der Waals surface area contributed by atoms with Crippen LogP contribution in [0.5, 0.6) is 0 Å². The molecular weight excluding hydrogens is 500 g/mol. The van der Waals surface area contributed by atoms with E-state index in [-0.39, 0.29) is 0 Å². The highest BCUT2D eigenvalue weighted by molar-refractivity contribution is 5.47. The first-order valence-electron chi connectivity index (χ1n) is 13.2. The molecule has 2 aromatic heterocycles. The lowest BCUT2D eigenvalue weighted by atomic mass is 9.57. The molecule has 0 radical (unpaired) electrons. The molecule has 4 bridgehead atoms. The number of pyridine rings is 2. The predicted octanol–water partition coefficient (Wildman–Crippen LogP) is 0.171. The molecule has 4 aliphatic heterocycles. The molecule has 1 saturated carbocycles. The molecule has 8 unspecified atom stereocenters. The maximum atomic E-state index is 8.49. The zero-order valence-corrected chi connectivity index (χ0v) is 21.2. The average molecular weight is 526 g/mol. The molecule has 0 saturated heterocycles. The van der Waals surface area contributed by atoms with Crippen molar-refractivity contribution in [3.63, 3.8) is 0 Å².